The number of aryl methyl sites for hydroxylation is 1. The highest BCUT2D eigenvalue weighted by atomic mass is 16.5. The third kappa shape index (κ3) is 4.03. The molecule has 4 rings (SSSR count). The molecular formula is C24H25N3O3. The number of hydrogen-bond donors (Lipinski definition) is 1. The van der Waals surface area contributed by atoms with Crippen LogP contribution in [0.4, 0.5) is 0 Å². The van der Waals surface area contributed by atoms with Gasteiger partial charge in [0.1, 0.15) is 17.2 Å². The summed E-state index contributed by atoms with van der Waals surface area (Å²) in [4.78, 5) is 18.6. The van der Waals surface area contributed by atoms with E-state index >= 15 is 0 Å². The lowest BCUT2D eigenvalue weighted by Crippen LogP contribution is -2.31. The molecule has 30 heavy (non-hydrogen) atoms. The van der Waals surface area contributed by atoms with E-state index in [2.05, 4.69) is 4.98 Å². The van der Waals surface area contributed by atoms with Crippen LogP contribution in [0.1, 0.15) is 21.7 Å². The Balaban J connectivity index is 1.64. The van der Waals surface area contributed by atoms with Gasteiger partial charge in [0.2, 0.25) is 0 Å². The number of nitrogens with zero attached hydrogens (tertiary/aromatic N) is 2. The molecule has 2 heterocycles. The lowest BCUT2D eigenvalue weighted by molar-refractivity contribution is 0.0721. The molecule has 2 aromatic carbocycles. The average molecular weight is 403 g/mol. The molecule has 4 aromatic rings. The van der Waals surface area contributed by atoms with Crippen molar-refractivity contribution < 1.29 is 14.3 Å². The maximum atomic E-state index is 13.5. The Kier molecular flexibility index (Phi) is 5.48. The Hall–Kier alpha value is -3.67. The predicted molar refractivity (Wildman–Crippen MR) is 117 cm³/mol. The van der Waals surface area contributed by atoms with E-state index in [0.717, 1.165) is 33.7 Å². The Morgan fingerprint density at radius 2 is 1.70 bits per heavy atom. The Morgan fingerprint density at radius 1 is 0.967 bits per heavy atom. The van der Waals surface area contributed by atoms with E-state index in [1.807, 2.05) is 83.4 Å². The zero-order chi connectivity index (χ0) is 21.1. The normalized spacial score (nSPS) is 10.9. The number of methoxy groups -OCH3 is 2. The standard InChI is InChI=1S/C24H25N3O3/c1-26-12-4-5-19(26)16-27(15-17-6-8-20(29-2)9-7-17)24(28)23-14-18-13-21(30-3)10-11-22(18)25-23/h4-14,25H,15-16H2,1-3H3. The van der Waals surface area contributed by atoms with Crippen molar-refractivity contribution in [2.45, 2.75) is 13.1 Å². The third-order valence-electron chi connectivity index (χ3n) is 5.28. The molecule has 1 N–H and O–H groups in total. The second-order valence-electron chi connectivity index (χ2n) is 7.26. The maximum Gasteiger partial charge on any atom is 0.270 e. The van der Waals surface area contributed by atoms with E-state index < -0.39 is 0 Å². The van der Waals surface area contributed by atoms with Crippen LogP contribution in [-0.4, -0.2) is 34.6 Å². The van der Waals surface area contributed by atoms with Gasteiger partial charge in [-0.15, -0.1) is 0 Å². The first-order chi connectivity index (χ1) is 14.6. The van der Waals surface area contributed by atoms with E-state index in [1.165, 1.54) is 0 Å². The Bertz CT molecular complexity index is 1160. The largest absolute Gasteiger partial charge is 0.497 e. The van der Waals surface area contributed by atoms with Crippen molar-refractivity contribution in [2.24, 2.45) is 7.05 Å². The van der Waals surface area contributed by atoms with Crippen molar-refractivity contribution in [2.75, 3.05) is 14.2 Å². The molecule has 0 unspecified atom stereocenters. The van der Waals surface area contributed by atoms with Gasteiger partial charge in [-0.3, -0.25) is 4.79 Å². The summed E-state index contributed by atoms with van der Waals surface area (Å²) in [6.07, 6.45) is 1.99. The highest BCUT2D eigenvalue weighted by molar-refractivity contribution is 5.98. The molecule has 0 radical (unpaired) electrons. The fraction of sp³-hybridized carbons (Fsp3) is 0.208. The van der Waals surface area contributed by atoms with Gasteiger partial charge in [0, 0.05) is 36.4 Å². The Morgan fingerprint density at radius 3 is 2.37 bits per heavy atom. The minimum absolute atomic E-state index is 0.0535. The molecule has 6 nitrogen and oxygen atoms in total. The fourth-order valence-electron chi connectivity index (χ4n) is 3.53. The van der Waals surface area contributed by atoms with E-state index in [4.69, 9.17) is 9.47 Å². The summed E-state index contributed by atoms with van der Waals surface area (Å²) in [5, 5.41) is 0.945. The monoisotopic (exact) mass is 403 g/mol. The number of hydrogen-bond acceptors (Lipinski definition) is 3. The first-order valence-electron chi connectivity index (χ1n) is 9.76. The van der Waals surface area contributed by atoms with Crippen LogP contribution in [0.25, 0.3) is 10.9 Å². The topological polar surface area (TPSA) is 59.5 Å². The maximum absolute atomic E-state index is 13.5. The van der Waals surface area contributed by atoms with E-state index in [0.29, 0.717) is 18.8 Å². The highest BCUT2D eigenvalue weighted by Gasteiger charge is 2.20. The van der Waals surface area contributed by atoms with Gasteiger partial charge in [0.05, 0.1) is 20.8 Å². The van der Waals surface area contributed by atoms with Crippen LogP contribution in [-0.2, 0) is 20.1 Å². The number of aromatic nitrogens is 2. The number of H-pyrrole nitrogens is 1. The molecule has 0 spiro atoms. The molecular weight excluding hydrogens is 378 g/mol. The molecule has 0 aliphatic heterocycles. The number of carbonyl (C=O) groups is 1. The molecule has 0 atom stereocenters. The molecule has 0 saturated carbocycles. The summed E-state index contributed by atoms with van der Waals surface area (Å²) in [5.74, 6) is 1.50. The molecule has 6 heteroatoms. The van der Waals surface area contributed by atoms with E-state index in [9.17, 15) is 4.79 Å². The van der Waals surface area contributed by atoms with Crippen molar-refractivity contribution in [1.29, 1.82) is 0 Å². The first-order valence-corrected chi connectivity index (χ1v) is 9.76. The smallest absolute Gasteiger partial charge is 0.270 e. The summed E-state index contributed by atoms with van der Waals surface area (Å²) >= 11 is 0. The summed E-state index contributed by atoms with van der Waals surface area (Å²) < 4.78 is 12.6. The molecule has 154 valence electrons. The number of aromatic amines is 1. The minimum atomic E-state index is -0.0535. The SMILES string of the molecule is COc1ccc(CN(Cc2cccn2C)C(=O)c2cc3cc(OC)ccc3[nH]2)cc1. The van der Waals surface area contributed by atoms with Crippen LogP contribution in [0.2, 0.25) is 0 Å². The van der Waals surface area contributed by atoms with Crippen LogP contribution in [0, 0.1) is 0 Å². The van der Waals surface area contributed by atoms with Crippen LogP contribution in [0.3, 0.4) is 0 Å². The summed E-state index contributed by atoms with van der Waals surface area (Å²) in [7, 11) is 5.27. The second-order valence-corrected chi connectivity index (χ2v) is 7.26. The fourth-order valence-corrected chi connectivity index (χ4v) is 3.53. The number of amides is 1. The minimum Gasteiger partial charge on any atom is -0.497 e. The number of carbonyl (C=O) groups excluding carboxylic acids is 1. The summed E-state index contributed by atoms with van der Waals surface area (Å²) in [5.41, 5.74) is 3.56. The van der Waals surface area contributed by atoms with Gasteiger partial charge in [0.15, 0.2) is 0 Å². The second kappa shape index (κ2) is 8.37. The quantitative estimate of drug-likeness (QED) is 0.499. The molecule has 0 saturated heterocycles. The van der Waals surface area contributed by atoms with Crippen molar-refractivity contribution in [3.8, 4) is 11.5 Å². The van der Waals surface area contributed by atoms with Crippen LogP contribution in [0.15, 0.2) is 66.9 Å². The molecule has 0 aliphatic carbocycles. The number of rotatable bonds is 7. The average Bonchev–Trinajstić information content (AvgIpc) is 3.38. The van der Waals surface area contributed by atoms with Crippen LogP contribution >= 0.6 is 0 Å². The molecule has 0 fully saturated rings. The third-order valence-corrected chi connectivity index (χ3v) is 5.28. The van der Waals surface area contributed by atoms with Gasteiger partial charge in [-0.05, 0) is 54.1 Å². The zero-order valence-electron chi connectivity index (χ0n) is 17.4. The van der Waals surface area contributed by atoms with Gasteiger partial charge >= 0.3 is 0 Å². The lowest BCUT2D eigenvalue weighted by atomic mass is 10.2. The van der Waals surface area contributed by atoms with Gasteiger partial charge in [-0.25, -0.2) is 0 Å². The number of fused-ring (bicyclic) bond motifs is 1. The summed E-state index contributed by atoms with van der Waals surface area (Å²) in [6.45, 7) is 1.000. The Labute approximate surface area is 175 Å². The van der Waals surface area contributed by atoms with Crippen molar-refractivity contribution >= 4 is 16.8 Å². The predicted octanol–water partition coefficient (Wildman–Crippen LogP) is 4.37. The summed E-state index contributed by atoms with van der Waals surface area (Å²) in [6, 6.07) is 19.4. The number of ether oxygens (including phenoxy) is 2. The van der Waals surface area contributed by atoms with Gasteiger partial charge in [0.25, 0.3) is 5.91 Å². The molecule has 0 aliphatic rings. The zero-order valence-corrected chi connectivity index (χ0v) is 17.4. The number of nitrogens with one attached hydrogen (secondary N) is 1. The van der Waals surface area contributed by atoms with Gasteiger partial charge < -0.3 is 23.9 Å². The first kappa shape index (κ1) is 19.6. The highest BCUT2D eigenvalue weighted by Crippen LogP contribution is 2.23. The van der Waals surface area contributed by atoms with Crippen LogP contribution in [0.5, 0.6) is 11.5 Å². The molecule has 1 amide bonds. The lowest BCUT2D eigenvalue weighted by Gasteiger charge is -2.23. The van der Waals surface area contributed by atoms with Gasteiger partial charge in [-0.1, -0.05) is 12.1 Å². The number of benzene rings is 2. The van der Waals surface area contributed by atoms with E-state index in [-0.39, 0.29) is 5.91 Å². The van der Waals surface area contributed by atoms with Crippen molar-refractivity contribution in [1.82, 2.24) is 14.5 Å². The molecule has 2 aromatic heterocycles. The molecule has 0 bridgehead atoms. The van der Waals surface area contributed by atoms with E-state index in [1.54, 1.807) is 14.2 Å². The van der Waals surface area contributed by atoms with Crippen molar-refractivity contribution in [3.63, 3.8) is 0 Å². The van der Waals surface area contributed by atoms with Crippen LogP contribution < -0.4 is 9.47 Å². The van der Waals surface area contributed by atoms with Gasteiger partial charge in [-0.2, -0.15) is 0 Å². The van der Waals surface area contributed by atoms with Crippen molar-refractivity contribution in [3.05, 3.63) is 83.8 Å².